The second-order valence-electron chi connectivity index (χ2n) is 11.7. The largest absolute Gasteiger partial charge is 0.481 e. The van der Waals surface area contributed by atoms with Crippen molar-refractivity contribution in [1.82, 2.24) is 14.8 Å². The van der Waals surface area contributed by atoms with E-state index in [9.17, 15) is 23.9 Å². The molecule has 9 heteroatoms. The normalized spacial score (nSPS) is 12.9. The number of amides is 1. The van der Waals surface area contributed by atoms with Gasteiger partial charge in [-0.3, -0.25) is 14.4 Å². The lowest BCUT2D eigenvalue weighted by Crippen LogP contribution is -2.41. The third-order valence-corrected chi connectivity index (χ3v) is 7.36. The number of pyridine rings is 1. The van der Waals surface area contributed by atoms with Crippen molar-refractivity contribution in [1.29, 1.82) is 0 Å². The molecule has 0 aliphatic heterocycles. The molecule has 0 saturated carbocycles. The van der Waals surface area contributed by atoms with Gasteiger partial charge in [0.05, 0.1) is 12.5 Å². The molecule has 7 nitrogen and oxygen atoms in total. The second-order valence-corrected chi connectivity index (χ2v) is 11.7. The molecule has 2 N–H and O–H groups in total. The van der Waals surface area contributed by atoms with E-state index in [1.165, 1.54) is 12.3 Å². The molecule has 2 aromatic carbocycles. The lowest BCUT2D eigenvalue weighted by atomic mass is 9.90. The molecule has 1 heterocycles. The first-order chi connectivity index (χ1) is 19.7. The summed E-state index contributed by atoms with van der Waals surface area (Å²) in [7, 11) is 3.75. The van der Waals surface area contributed by atoms with E-state index >= 15 is 4.39 Å². The Kier molecular flexibility index (Phi) is 10.8. The van der Waals surface area contributed by atoms with Crippen molar-refractivity contribution < 1.29 is 23.5 Å². The Bertz CT molecular complexity index is 1490. The summed E-state index contributed by atoms with van der Waals surface area (Å²) < 4.78 is 31.5. The summed E-state index contributed by atoms with van der Waals surface area (Å²) in [6.07, 6.45) is 1.54. The van der Waals surface area contributed by atoms with Crippen LogP contribution in [0.3, 0.4) is 0 Å². The van der Waals surface area contributed by atoms with Gasteiger partial charge in [0, 0.05) is 18.3 Å². The van der Waals surface area contributed by atoms with Crippen LogP contribution in [0.5, 0.6) is 0 Å². The monoisotopic (exact) mass is 581 g/mol. The molecule has 1 amide bonds. The average Bonchev–Trinajstić information content (AvgIpc) is 2.89. The van der Waals surface area contributed by atoms with Gasteiger partial charge in [0.2, 0.25) is 5.91 Å². The van der Waals surface area contributed by atoms with Gasteiger partial charge in [0.15, 0.2) is 5.82 Å². The summed E-state index contributed by atoms with van der Waals surface area (Å²) in [6, 6.07) is 7.91. The smallest absolute Gasteiger partial charge is 0.305 e. The van der Waals surface area contributed by atoms with Crippen LogP contribution in [-0.2, 0) is 16.0 Å². The minimum absolute atomic E-state index is 0.0324. The van der Waals surface area contributed by atoms with E-state index in [1.807, 2.05) is 64.9 Å². The Morgan fingerprint density at radius 1 is 1.02 bits per heavy atom. The van der Waals surface area contributed by atoms with E-state index in [0.29, 0.717) is 29.7 Å². The molecule has 0 radical (unpaired) electrons. The summed E-state index contributed by atoms with van der Waals surface area (Å²) in [4.78, 5) is 40.6. The van der Waals surface area contributed by atoms with Crippen molar-refractivity contribution >= 4 is 11.9 Å². The lowest BCUT2D eigenvalue weighted by molar-refractivity contribution is -0.138. The molecule has 0 aliphatic carbocycles. The highest BCUT2D eigenvalue weighted by atomic mass is 19.1. The molecular weight excluding hydrogens is 540 g/mol. The Hall–Kier alpha value is -3.85. The summed E-state index contributed by atoms with van der Waals surface area (Å²) in [5.41, 5.74) is 3.49. The van der Waals surface area contributed by atoms with Crippen molar-refractivity contribution in [2.45, 2.75) is 66.0 Å². The minimum Gasteiger partial charge on any atom is -0.481 e. The van der Waals surface area contributed by atoms with E-state index in [1.54, 1.807) is 19.1 Å². The number of hydrogen-bond acceptors (Lipinski definition) is 4. The van der Waals surface area contributed by atoms with Crippen LogP contribution in [0, 0.1) is 38.3 Å². The van der Waals surface area contributed by atoms with E-state index in [0.717, 1.165) is 21.3 Å². The number of aryl methyl sites for hydroxylation is 3. The Labute approximate surface area is 246 Å². The molecule has 0 fully saturated rings. The molecule has 1 aromatic heterocycles. The maximum atomic E-state index is 15.7. The molecule has 0 bridgehead atoms. The Morgan fingerprint density at radius 2 is 1.67 bits per heavy atom. The quantitative estimate of drug-likeness (QED) is 0.285. The minimum atomic E-state index is -1.23. The van der Waals surface area contributed by atoms with Gasteiger partial charge in [-0.25, -0.2) is 8.78 Å². The lowest BCUT2D eigenvalue weighted by Gasteiger charge is -2.26. The molecule has 0 aliphatic rings. The maximum Gasteiger partial charge on any atom is 0.305 e. The van der Waals surface area contributed by atoms with Gasteiger partial charge in [0.1, 0.15) is 11.9 Å². The predicted octanol–water partition coefficient (Wildman–Crippen LogP) is 5.74. The number of hydrogen-bond donors (Lipinski definition) is 2. The first-order valence-corrected chi connectivity index (χ1v) is 14.1. The first-order valence-electron chi connectivity index (χ1n) is 14.1. The van der Waals surface area contributed by atoms with E-state index < -0.39 is 47.6 Å². The summed E-state index contributed by atoms with van der Waals surface area (Å²) in [5.74, 6) is -3.58. The number of nitrogens with zero attached hydrogens (tertiary/aromatic N) is 2. The Morgan fingerprint density at radius 3 is 2.24 bits per heavy atom. The third-order valence-electron chi connectivity index (χ3n) is 7.36. The van der Waals surface area contributed by atoms with Crippen LogP contribution in [0.4, 0.5) is 8.78 Å². The van der Waals surface area contributed by atoms with Crippen LogP contribution in [-0.4, -0.2) is 47.1 Å². The van der Waals surface area contributed by atoms with Crippen molar-refractivity contribution in [3.8, 4) is 11.1 Å². The molecule has 3 aromatic rings. The van der Waals surface area contributed by atoms with Crippen molar-refractivity contribution in [3.63, 3.8) is 0 Å². The molecule has 2 atom stereocenters. The SMILES string of the molecule is Cc1cc(-c2c(C)cccc2C)cc(C(CC(=O)O)NC(=O)C(CC(C)C)n2cc(CCN(C)C)cc(F)c2=O)c1F. The van der Waals surface area contributed by atoms with Gasteiger partial charge in [-0.05, 0) is 105 Å². The average molecular weight is 582 g/mol. The first kappa shape index (κ1) is 32.7. The summed E-state index contributed by atoms with van der Waals surface area (Å²) in [6.45, 7) is 9.81. The van der Waals surface area contributed by atoms with E-state index in [-0.39, 0.29) is 17.9 Å². The van der Waals surface area contributed by atoms with Crippen LogP contribution < -0.4 is 10.9 Å². The standard InChI is InChI=1S/C33H41F2N3O4/c1-19(2)13-28(38-18-23(11-12-37(6)7)15-26(34)33(38)42)32(41)36-27(17-29(39)40)25-16-24(14-22(5)31(25)35)30-20(3)9-8-10-21(30)4/h8-10,14-16,18-19,27-28H,11-13,17H2,1-7H3,(H,36,41)(H,39,40). The highest BCUT2D eigenvalue weighted by molar-refractivity contribution is 5.82. The zero-order valence-corrected chi connectivity index (χ0v) is 25.4. The van der Waals surface area contributed by atoms with Gasteiger partial charge in [-0.1, -0.05) is 32.0 Å². The van der Waals surface area contributed by atoms with Crippen LogP contribution >= 0.6 is 0 Å². The molecule has 42 heavy (non-hydrogen) atoms. The molecule has 0 spiro atoms. The zero-order chi connectivity index (χ0) is 31.3. The summed E-state index contributed by atoms with van der Waals surface area (Å²) >= 11 is 0. The van der Waals surface area contributed by atoms with Gasteiger partial charge < -0.3 is 19.9 Å². The van der Waals surface area contributed by atoms with E-state index in [4.69, 9.17) is 0 Å². The topological polar surface area (TPSA) is 91.6 Å². The fourth-order valence-corrected chi connectivity index (χ4v) is 5.28. The number of carbonyl (C=O) groups is 2. The Balaban J connectivity index is 2.10. The van der Waals surface area contributed by atoms with Gasteiger partial charge in [0.25, 0.3) is 5.56 Å². The number of rotatable bonds is 12. The number of carboxylic acids is 1. The fraction of sp³-hybridized carbons (Fsp3) is 0.424. The van der Waals surface area contributed by atoms with Gasteiger partial charge in [-0.2, -0.15) is 0 Å². The van der Waals surface area contributed by atoms with Crippen LogP contribution in [0.2, 0.25) is 0 Å². The number of carbonyl (C=O) groups excluding carboxylic acids is 1. The molecular formula is C33H41F2N3O4. The molecule has 2 unspecified atom stereocenters. The van der Waals surface area contributed by atoms with Gasteiger partial charge >= 0.3 is 5.97 Å². The highest BCUT2D eigenvalue weighted by Crippen LogP contribution is 2.33. The van der Waals surface area contributed by atoms with Crippen LogP contribution in [0.1, 0.15) is 66.6 Å². The number of aliphatic carboxylic acids is 1. The number of carboxylic acid groups (broad SMARTS) is 1. The molecule has 226 valence electrons. The van der Waals surface area contributed by atoms with Crippen molar-refractivity contribution in [2.75, 3.05) is 20.6 Å². The van der Waals surface area contributed by atoms with Crippen LogP contribution in [0.15, 0.2) is 47.4 Å². The highest BCUT2D eigenvalue weighted by Gasteiger charge is 2.30. The maximum absolute atomic E-state index is 15.7. The fourth-order valence-electron chi connectivity index (χ4n) is 5.28. The van der Waals surface area contributed by atoms with Crippen LogP contribution in [0.25, 0.3) is 11.1 Å². The predicted molar refractivity (Wildman–Crippen MR) is 161 cm³/mol. The molecule has 0 saturated heterocycles. The summed E-state index contributed by atoms with van der Waals surface area (Å²) in [5, 5.41) is 12.4. The van der Waals surface area contributed by atoms with Gasteiger partial charge in [-0.15, -0.1) is 0 Å². The number of nitrogens with one attached hydrogen (secondary N) is 1. The molecule has 3 rings (SSSR count). The second kappa shape index (κ2) is 13.9. The number of aromatic nitrogens is 1. The van der Waals surface area contributed by atoms with E-state index in [2.05, 4.69) is 5.32 Å². The van der Waals surface area contributed by atoms with Crippen molar-refractivity contribution in [2.24, 2.45) is 5.92 Å². The third kappa shape index (κ3) is 7.91. The zero-order valence-electron chi connectivity index (χ0n) is 25.4. The van der Waals surface area contributed by atoms with Crippen molar-refractivity contribution in [3.05, 3.63) is 92.4 Å². The number of likely N-dealkylation sites (N-methyl/N-ethyl adjacent to an activating group) is 1. The number of halogens is 2. The number of benzene rings is 2.